The molecule has 4 aromatic heterocycles. The number of hydrogen-bond donors (Lipinski definition) is 2. The number of fused-ring (bicyclic) bond motifs is 1. The van der Waals surface area contributed by atoms with E-state index in [1.54, 1.807) is 35.3 Å². The number of carbonyl (C=O) groups is 1. The number of pyridine rings is 2. The van der Waals surface area contributed by atoms with E-state index >= 15 is 0 Å². The van der Waals surface area contributed by atoms with Gasteiger partial charge >= 0.3 is 6.03 Å². The third kappa shape index (κ3) is 3.83. The van der Waals surface area contributed by atoms with Crippen molar-refractivity contribution in [1.29, 1.82) is 0 Å². The summed E-state index contributed by atoms with van der Waals surface area (Å²) in [5.74, 6) is 0.650. The van der Waals surface area contributed by atoms with Crippen LogP contribution in [0.2, 0.25) is 0 Å². The van der Waals surface area contributed by atoms with Crippen LogP contribution in [0.25, 0.3) is 16.8 Å². The van der Waals surface area contributed by atoms with E-state index in [1.807, 2.05) is 31.2 Å². The minimum absolute atomic E-state index is 0.154. The van der Waals surface area contributed by atoms with Gasteiger partial charge < -0.3 is 14.6 Å². The van der Waals surface area contributed by atoms with Gasteiger partial charge in [-0.3, -0.25) is 10.3 Å². The van der Waals surface area contributed by atoms with E-state index in [2.05, 4.69) is 30.9 Å². The molecular formula is C20H19N7O3. The van der Waals surface area contributed by atoms with Gasteiger partial charge in [-0.05, 0) is 42.8 Å². The molecule has 0 saturated heterocycles. The first-order valence-corrected chi connectivity index (χ1v) is 9.21. The molecule has 10 nitrogen and oxygen atoms in total. The standard InChI is InChI=1S/C20H19N7O3/c1-3-22-20(28)24-19-23-17-11-14(13-6-4-8-21-12-13)10-15(27(17)25-19)18(26-29-2)16-7-5-9-30-16/h4-12H,3H2,1-2H3,(H2,22,24,25,28). The first-order valence-electron chi connectivity index (χ1n) is 9.21. The minimum Gasteiger partial charge on any atom is -0.463 e. The molecule has 0 aliphatic heterocycles. The third-order valence-electron chi connectivity index (χ3n) is 4.17. The molecule has 0 unspecified atom stereocenters. The normalized spacial score (nSPS) is 11.5. The van der Waals surface area contributed by atoms with Gasteiger partial charge in [0.2, 0.25) is 0 Å². The fourth-order valence-corrected chi connectivity index (χ4v) is 2.93. The molecule has 4 aromatic rings. The van der Waals surface area contributed by atoms with Crippen molar-refractivity contribution in [2.24, 2.45) is 5.16 Å². The highest BCUT2D eigenvalue weighted by atomic mass is 16.6. The Morgan fingerprint density at radius 2 is 2.17 bits per heavy atom. The molecule has 0 bridgehead atoms. The molecule has 0 atom stereocenters. The van der Waals surface area contributed by atoms with Crippen LogP contribution in [0.5, 0.6) is 0 Å². The van der Waals surface area contributed by atoms with Crippen LogP contribution in [0, 0.1) is 0 Å². The van der Waals surface area contributed by atoms with Crippen molar-refractivity contribution < 1.29 is 14.0 Å². The van der Waals surface area contributed by atoms with Crippen LogP contribution in [0.3, 0.4) is 0 Å². The number of furan rings is 1. The number of hydrogen-bond acceptors (Lipinski definition) is 7. The Morgan fingerprint density at radius 1 is 1.27 bits per heavy atom. The maximum atomic E-state index is 11.9. The van der Waals surface area contributed by atoms with Crippen LogP contribution in [0.1, 0.15) is 18.4 Å². The quantitative estimate of drug-likeness (QED) is 0.376. The predicted octanol–water partition coefficient (Wildman–Crippen LogP) is 2.92. The van der Waals surface area contributed by atoms with Gasteiger partial charge in [-0.2, -0.15) is 4.98 Å². The molecule has 0 spiro atoms. The zero-order valence-electron chi connectivity index (χ0n) is 16.4. The van der Waals surface area contributed by atoms with E-state index in [4.69, 9.17) is 9.25 Å². The average Bonchev–Trinajstić information content (AvgIpc) is 3.42. The number of anilines is 1. The first kappa shape index (κ1) is 19.1. The molecule has 0 saturated carbocycles. The number of aromatic nitrogens is 4. The lowest BCUT2D eigenvalue weighted by Crippen LogP contribution is -2.28. The highest BCUT2D eigenvalue weighted by molar-refractivity contribution is 6.10. The zero-order chi connectivity index (χ0) is 20.9. The molecule has 30 heavy (non-hydrogen) atoms. The number of amides is 2. The van der Waals surface area contributed by atoms with Crippen LogP contribution in [0.15, 0.2) is 64.6 Å². The minimum atomic E-state index is -0.390. The first-order chi connectivity index (χ1) is 14.7. The Bertz CT molecular complexity index is 1180. The van der Waals surface area contributed by atoms with Crippen molar-refractivity contribution in [1.82, 2.24) is 24.9 Å². The molecule has 2 amide bonds. The summed E-state index contributed by atoms with van der Waals surface area (Å²) < 4.78 is 7.11. The van der Waals surface area contributed by atoms with Gasteiger partial charge in [0.15, 0.2) is 17.1 Å². The Balaban J connectivity index is 1.90. The van der Waals surface area contributed by atoms with Crippen LogP contribution >= 0.6 is 0 Å². The van der Waals surface area contributed by atoms with Crippen molar-refractivity contribution in [3.63, 3.8) is 0 Å². The fourth-order valence-electron chi connectivity index (χ4n) is 2.93. The van der Waals surface area contributed by atoms with Gasteiger partial charge in [-0.15, -0.1) is 5.10 Å². The highest BCUT2D eigenvalue weighted by Gasteiger charge is 2.19. The largest absolute Gasteiger partial charge is 0.463 e. The second-order valence-corrected chi connectivity index (χ2v) is 6.16. The molecule has 2 N–H and O–H groups in total. The Morgan fingerprint density at radius 3 is 2.87 bits per heavy atom. The van der Waals surface area contributed by atoms with Crippen LogP contribution in [0.4, 0.5) is 10.7 Å². The van der Waals surface area contributed by atoms with Gasteiger partial charge in [0, 0.05) is 24.5 Å². The number of oxime groups is 1. The lowest BCUT2D eigenvalue weighted by molar-refractivity contribution is 0.213. The number of nitrogens with one attached hydrogen (secondary N) is 2. The molecule has 10 heteroatoms. The SMILES string of the molecule is CCNC(=O)Nc1nc2cc(-c3cccnc3)cc(C(=NOC)c3ccco3)n2n1. The molecule has 0 radical (unpaired) electrons. The van der Waals surface area contributed by atoms with E-state index < -0.39 is 0 Å². The topological polar surface area (TPSA) is 119 Å². The van der Waals surface area contributed by atoms with Gasteiger partial charge in [0.05, 0.1) is 6.26 Å². The molecule has 0 aliphatic rings. The Kier molecular flexibility index (Phi) is 5.37. The number of rotatable bonds is 6. The van der Waals surface area contributed by atoms with Gasteiger partial charge in [0.25, 0.3) is 5.95 Å². The summed E-state index contributed by atoms with van der Waals surface area (Å²) in [7, 11) is 1.45. The summed E-state index contributed by atoms with van der Waals surface area (Å²) in [5.41, 5.74) is 3.23. The maximum absolute atomic E-state index is 11.9. The highest BCUT2D eigenvalue weighted by Crippen LogP contribution is 2.24. The van der Waals surface area contributed by atoms with E-state index in [-0.39, 0.29) is 12.0 Å². The molecular weight excluding hydrogens is 386 g/mol. The second-order valence-electron chi connectivity index (χ2n) is 6.16. The van der Waals surface area contributed by atoms with Crippen LogP contribution in [-0.2, 0) is 4.84 Å². The molecule has 0 aliphatic carbocycles. The van der Waals surface area contributed by atoms with Gasteiger partial charge in [-0.25, -0.2) is 9.31 Å². The van der Waals surface area contributed by atoms with Gasteiger partial charge in [-0.1, -0.05) is 11.2 Å². The van der Waals surface area contributed by atoms with Crippen LogP contribution < -0.4 is 10.6 Å². The lowest BCUT2D eigenvalue weighted by atomic mass is 10.1. The maximum Gasteiger partial charge on any atom is 0.321 e. The van der Waals surface area contributed by atoms with E-state index in [0.717, 1.165) is 11.1 Å². The summed E-state index contributed by atoms with van der Waals surface area (Å²) >= 11 is 0. The number of nitrogens with zero attached hydrogens (tertiary/aromatic N) is 5. The average molecular weight is 405 g/mol. The van der Waals surface area contributed by atoms with Crippen molar-refractivity contribution in [2.45, 2.75) is 6.92 Å². The van der Waals surface area contributed by atoms with E-state index in [9.17, 15) is 4.79 Å². The van der Waals surface area contributed by atoms with Crippen molar-refractivity contribution >= 4 is 23.3 Å². The number of carbonyl (C=O) groups excluding carboxylic acids is 1. The monoisotopic (exact) mass is 405 g/mol. The van der Waals surface area contributed by atoms with E-state index in [1.165, 1.54) is 7.11 Å². The van der Waals surface area contributed by atoms with Crippen molar-refractivity contribution in [2.75, 3.05) is 19.0 Å². The fraction of sp³-hybridized carbons (Fsp3) is 0.150. The molecule has 0 fully saturated rings. The predicted molar refractivity (Wildman–Crippen MR) is 110 cm³/mol. The van der Waals surface area contributed by atoms with E-state index in [0.29, 0.717) is 29.4 Å². The summed E-state index contributed by atoms with van der Waals surface area (Å²) in [4.78, 5) is 25.6. The number of urea groups is 1. The summed E-state index contributed by atoms with van der Waals surface area (Å²) in [6.45, 7) is 2.31. The van der Waals surface area contributed by atoms with Crippen LogP contribution in [-0.4, -0.2) is 45.0 Å². The molecule has 4 heterocycles. The zero-order valence-corrected chi connectivity index (χ0v) is 16.4. The van der Waals surface area contributed by atoms with Crippen molar-refractivity contribution in [3.05, 3.63) is 66.5 Å². The smallest absolute Gasteiger partial charge is 0.321 e. The molecule has 152 valence electrons. The second kappa shape index (κ2) is 8.43. The van der Waals surface area contributed by atoms with Crippen molar-refractivity contribution in [3.8, 4) is 11.1 Å². The Hall–Kier alpha value is -4.21. The Labute approximate surface area is 171 Å². The summed E-state index contributed by atoms with van der Waals surface area (Å²) in [6, 6.07) is 10.7. The lowest BCUT2D eigenvalue weighted by Gasteiger charge is -2.09. The summed E-state index contributed by atoms with van der Waals surface area (Å²) in [5, 5.41) is 13.8. The summed E-state index contributed by atoms with van der Waals surface area (Å²) in [6.07, 6.45) is 5.00. The van der Waals surface area contributed by atoms with Gasteiger partial charge in [0.1, 0.15) is 12.8 Å². The third-order valence-corrected chi connectivity index (χ3v) is 4.17. The molecule has 4 rings (SSSR count). The molecule has 0 aromatic carbocycles.